The van der Waals surface area contributed by atoms with E-state index in [-0.39, 0.29) is 11.8 Å². The zero-order chi connectivity index (χ0) is 21.1. The lowest BCUT2D eigenvalue weighted by atomic mass is 10.2. The van der Waals surface area contributed by atoms with Crippen LogP contribution in [-0.4, -0.2) is 46.5 Å². The van der Waals surface area contributed by atoms with Gasteiger partial charge in [0.15, 0.2) is 0 Å². The van der Waals surface area contributed by atoms with Crippen LogP contribution in [0.1, 0.15) is 10.5 Å². The van der Waals surface area contributed by atoms with Crippen LogP contribution in [-0.2, 0) is 4.79 Å². The molecule has 30 heavy (non-hydrogen) atoms. The molecule has 4 rings (SSSR count). The summed E-state index contributed by atoms with van der Waals surface area (Å²) in [5, 5.41) is 5.99. The Morgan fingerprint density at radius 1 is 1.17 bits per heavy atom. The normalized spacial score (nSPS) is 15.8. The molecule has 0 radical (unpaired) electrons. The summed E-state index contributed by atoms with van der Waals surface area (Å²) >= 11 is 8.87. The molecule has 2 amide bonds. The Balaban J connectivity index is 1.46. The number of hydrogen-bond donors (Lipinski definition) is 1. The second kappa shape index (κ2) is 9.07. The second-order valence-electron chi connectivity index (χ2n) is 6.55. The molecule has 2 aromatic carbocycles. The maximum atomic E-state index is 13.0. The number of carbonyl (C=O) groups excluding carboxylic acids is 2. The highest BCUT2D eigenvalue weighted by Crippen LogP contribution is 2.28. The van der Waals surface area contributed by atoms with Crippen molar-refractivity contribution in [2.24, 2.45) is 0 Å². The fourth-order valence-electron chi connectivity index (χ4n) is 3.00. The van der Waals surface area contributed by atoms with Crippen LogP contribution in [0.4, 0.5) is 5.69 Å². The molecule has 154 valence electrons. The number of amides is 2. The molecule has 9 heteroatoms. The van der Waals surface area contributed by atoms with Crippen LogP contribution < -0.4 is 10.1 Å². The molecule has 1 saturated heterocycles. The van der Waals surface area contributed by atoms with Crippen molar-refractivity contribution in [3.8, 4) is 16.3 Å². The van der Waals surface area contributed by atoms with Crippen LogP contribution in [0.15, 0.2) is 53.9 Å². The first-order valence-electron chi connectivity index (χ1n) is 9.10. The minimum absolute atomic E-state index is 0.216. The lowest BCUT2D eigenvalue weighted by molar-refractivity contribution is -0.119. The number of methoxy groups -OCH3 is 1. The van der Waals surface area contributed by atoms with Crippen LogP contribution >= 0.6 is 34.7 Å². The summed E-state index contributed by atoms with van der Waals surface area (Å²) in [4.78, 5) is 31.9. The number of thioether (sulfide) groups is 1. The number of rotatable bonds is 5. The summed E-state index contributed by atoms with van der Waals surface area (Å²) in [6.45, 7) is 0. The number of anilines is 1. The van der Waals surface area contributed by atoms with E-state index in [1.54, 1.807) is 65.5 Å². The number of ether oxygens (including phenoxy) is 1. The van der Waals surface area contributed by atoms with E-state index in [4.69, 9.17) is 16.3 Å². The van der Waals surface area contributed by atoms with Gasteiger partial charge in [0, 0.05) is 27.4 Å². The fourth-order valence-corrected chi connectivity index (χ4v) is 5.08. The van der Waals surface area contributed by atoms with E-state index < -0.39 is 6.04 Å². The zero-order valence-corrected chi connectivity index (χ0v) is 18.4. The first-order valence-corrected chi connectivity index (χ1v) is 11.5. The Labute approximate surface area is 187 Å². The first-order chi connectivity index (χ1) is 14.5. The van der Waals surface area contributed by atoms with E-state index in [0.29, 0.717) is 33.8 Å². The van der Waals surface area contributed by atoms with Crippen molar-refractivity contribution in [3.05, 3.63) is 64.6 Å². The van der Waals surface area contributed by atoms with E-state index in [1.807, 2.05) is 12.1 Å². The SMILES string of the molecule is COc1ccc(NC(=O)C2CSCN2C(=O)c2csc(-c3ccc(Cl)cc3)n2)cc1. The molecule has 2 heterocycles. The number of benzene rings is 2. The van der Waals surface area contributed by atoms with E-state index in [9.17, 15) is 9.59 Å². The lowest BCUT2D eigenvalue weighted by Gasteiger charge is -2.22. The summed E-state index contributed by atoms with van der Waals surface area (Å²) in [7, 11) is 1.59. The third-order valence-corrected chi connectivity index (χ3v) is 6.77. The van der Waals surface area contributed by atoms with Crippen molar-refractivity contribution >= 4 is 52.2 Å². The van der Waals surface area contributed by atoms with E-state index in [2.05, 4.69) is 10.3 Å². The van der Waals surface area contributed by atoms with E-state index >= 15 is 0 Å². The minimum Gasteiger partial charge on any atom is -0.497 e. The molecular weight excluding hydrogens is 442 g/mol. The second-order valence-corrected chi connectivity index (χ2v) is 8.85. The number of nitrogens with zero attached hydrogens (tertiary/aromatic N) is 2. The molecule has 1 aliphatic heterocycles. The smallest absolute Gasteiger partial charge is 0.274 e. The minimum atomic E-state index is -0.551. The van der Waals surface area contributed by atoms with Gasteiger partial charge in [0.05, 0.1) is 13.0 Å². The van der Waals surface area contributed by atoms with Gasteiger partial charge >= 0.3 is 0 Å². The van der Waals surface area contributed by atoms with Gasteiger partial charge < -0.3 is 15.0 Å². The predicted molar refractivity (Wildman–Crippen MR) is 121 cm³/mol. The average molecular weight is 460 g/mol. The van der Waals surface area contributed by atoms with Gasteiger partial charge in [0.25, 0.3) is 5.91 Å². The van der Waals surface area contributed by atoms with Gasteiger partial charge in [0.2, 0.25) is 5.91 Å². The van der Waals surface area contributed by atoms with Crippen molar-refractivity contribution < 1.29 is 14.3 Å². The summed E-state index contributed by atoms with van der Waals surface area (Å²) in [5.41, 5.74) is 1.89. The van der Waals surface area contributed by atoms with Gasteiger partial charge in [0.1, 0.15) is 22.5 Å². The van der Waals surface area contributed by atoms with Gasteiger partial charge in [-0.15, -0.1) is 23.1 Å². The monoisotopic (exact) mass is 459 g/mol. The molecule has 1 unspecified atom stereocenters. The molecule has 0 bridgehead atoms. The molecule has 0 saturated carbocycles. The van der Waals surface area contributed by atoms with Gasteiger partial charge in [-0.05, 0) is 36.4 Å². The highest BCUT2D eigenvalue weighted by Gasteiger charge is 2.36. The standard InChI is InChI=1S/C21H18ClN3O3S2/c1-28-16-8-6-15(7-9-16)23-19(26)18-11-29-12-25(18)21(27)17-10-30-20(24-17)13-2-4-14(22)5-3-13/h2-10,18H,11-12H2,1H3,(H,23,26). The third-order valence-electron chi connectivity index (χ3n) is 4.62. The number of carbonyl (C=O) groups is 2. The van der Waals surface area contributed by atoms with Crippen LogP contribution in [0.2, 0.25) is 5.02 Å². The van der Waals surface area contributed by atoms with Crippen LogP contribution in [0.3, 0.4) is 0 Å². The van der Waals surface area contributed by atoms with Crippen molar-refractivity contribution in [2.75, 3.05) is 24.1 Å². The van der Waals surface area contributed by atoms with Crippen molar-refractivity contribution in [1.82, 2.24) is 9.88 Å². The summed E-state index contributed by atoms with van der Waals surface area (Å²) in [5.74, 6) is 1.24. The first kappa shape index (κ1) is 20.7. The molecule has 1 aliphatic rings. The maximum absolute atomic E-state index is 13.0. The molecule has 1 N–H and O–H groups in total. The molecule has 1 fully saturated rings. The number of halogens is 1. The average Bonchev–Trinajstić information content (AvgIpc) is 3.44. The van der Waals surface area contributed by atoms with Crippen LogP contribution in [0, 0.1) is 0 Å². The number of aromatic nitrogens is 1. The molecule has 1 atom stereocenters. The summed E-state index contributed by atoms with van der Waals surface area (Å²) < 4.78 is 5.13. The highest BCUT2D eigenvalue weighted by atomic mass is 35.5. The van der Waals surface area contributed by atoms with Gasteiger partial charge in [-0.2, -0.15) is 0 Å². The Morgan fingerprint density at radius 3 is 2.60 bits per heavy atom. The van der Waals surface area contributed by atoms with Gasteiger partial charge in [-0.25, -0.2) is 4.98 Å². The van der Waals surface area contributed by atoms with Crippen molar-refractivity contribution in [2.45, 2.75) is 6.04 Å². The Bertz CT molecular complexity index is 1050. The maximum Gasteiger partial charge on any atom is 0.274 e. The summed E-state index contributed by atoms with van der Waals surface area (Å²) in [6, 6.07) is 13.8. The third kappa shape index (κ3) is 4.45. The molecule has 0 spiro atoms. The zero-order valence-electron chi connectivity index (χ0n) is 16.0. The van der Waals surface area contributed by atoms with Crippen LogP contribution in [0.25, 0.3) is 10.6 Å². The quantitative estimate of drug-likeness (QED) is 0.602. The van der Waals surface area contributed by atoms with Crippen molar-refractivity contribution in [3.63, 3.8) is 0 Å². The number of hydrogen-bond acceptors (Lipinski definition) is 6. The fraction of sp³-hybridized carbons (Fsp3) is 0.190. The molecule has 6 nitrogen and oxygen atoms in total. The Hall–Kier alpha value is -2.55. The van der Waals surface area contributed by atoms with E-state index in [0.717, 1.165) is 10.6 Å². The molecular formula is C21H18ClN3O3S2. The Morgan fingerprint density at radius 2 is 1.90 bits per heavy atom. The largest absolute Gasteiger partial charge is 0.497 e. The predicted octanol–water partition coefficient (Wildman–Crippen LogP) is 4.63. The van der Waals surface area contributed by atoms with Gasteiger partial charge in [-0.3, -0.25) is 9.59 Å². The highest BCUT2D eigenvalue weighted by molar-refractivity contribution is 7.99. The topological polar surface area (TPSA) is 71.5 Å². The number of thiazole rings is 1. The number of nitrogens with one attached hydrogen (secondary N) is 1. The summed E-state index contributed by atoms with van der Waals surface area (Å²) in [6.07, 6.45) is 0. The molecule has 1 aromatic heterocycles. The van der Waals surface area contributed by atoms with Crippen LogP contribution in [0.5, 0.6) is 5.75 Å². The van der Waals surface area contributed by atoms with Crippen molar-refractivity contribution in [1.29, 1.82) is 0 Å². The lowest BCUT2D eigenvalue weighted by Crippen LogP contribution is -2.44. The molecule has 3 aromatic rings. The molecule has 0 aliphatic carbocycles. The Kier molecular flexibility index (Phi) is 6.26. The van der Waals surface area contributed by atoms with E-state index in [1.165, 1.54) is 11.3 Å². The van der Waals surface area contributed by atoms with Gasteiger partial charge in [-0.1, -0.05) is 23.7 Å².